The van der Waals surface area contributed by atoms with Crippen LogP contribution in [-0.4, -0.2) is 0 Å². The molecule has 0 radical (unpaired) electrons. The second-order valence-electron chi connectivity index (χ2n) is 4.39. The summed E-state index contributed by atoms with van der Waals surface area (Å²) in [6.07, 6.45) is 1.99. The van der Waals surface area contributed by atoms with Crippen LogP contribution in [0, 0.1) is 0 Å². The molecule has 0 bridgehead atoms. The molecule has 2 rings (SSSR count). The number of aryl methyl sites for hydroxylation is 1. The summed E-state index contributed by atoms with van der Waals surface area (Å²) in [6.45, 7) is 2.17. The van der Waals surface area contributed by atoms with Crippen molar-refractivity contribution in [1.29, 1.82) is 0 Å². The lowest BCUT2D eigenvalue weighted by Gasteiger charge is -2.12. The van der Waals surface area contributed by atoms with Gasteiger partial charge in [-0.05, 0) is 29.5 Å². The molecular weight excluding hydrogens is 206 g/mol. The molecule has 0 aliphatic heterocycles. The first-order chi connectivity index (χ1) is 8.29. The first-order valence-corrected chi connectivity index (χ1v) is 6.18. The zero-order valence-corrected chi connectivity index (χ0v) is 10.3. The molecule has 2 aromatic rings. The van der Waals surface area contributed by atoms with Crippen LogP contribution in [0.2, 0.25) is 0 Å². The van der Waals surface area contributed by atoms with E-state index in [9.17, 15) is 0 Å². The summed E-state index contributed by atoms with van der Waals surface area (Å²) in [7, 11) is 0. The number of hydrogen-bond donors (Lipinski definition) is 1. The molecule has 0 aliphatic rings. The van der Waals surface area contributed by atoms with Gasteiger partial charge in [-0.1, -0.05) is 61.5 Å². The molecule has 1 heteroatoms. The second-order valence-corrected chi connectivity index (χ2v) is 4.39. The summed E-state index contributed by atoms with van der Waals surface area (Å²) >= 11 is 0. The maximum Gasteiger partial charge on any atom is 0.0335 e. The summed E-state index contributed by atoms with van der Waals surface area (Å²) in [5, 5.41) is 0. The van der Waals surface area contributed by atoms with Gasteiger partial charge in [-0.15, -0.1) is 0 Å². The molecule has 0 spiro atoms. The van der Waals surface area contributed by atoms with Crippen molar-refractivity contribution >= 4 is 0 Å². The lowest BCUT2D eigenvalue weighted by Crippen LogP contribution is -2.13. The number of nitrogens with two attached hydrogens (primary N) is 1. The molecule has 2 N–H and O–H groups in total. The lowest BCUT2D eigenvalue weighted by atomic mass is 9.99. The number of hydrogen-bond acceptors (Lipinski definition) is 1. The highest BCUT2D eigenvalue weighted by molar-refractivity contribution is 5.26. The minimum absolute atomic E-state index is 0.0867. The van der Waals surface area contributed by atoms with Crippen molar-refractivity contribution in [2.75, 3.05) is 0 Å². The molecule has 1 atom stereocenters. The van der Waals surface area contributed by atoms with Crippen molar-refractivity contribution in [3.63, 3.8) is 0 Å². The zero-order chi connectivity index (χ0) is 12.1. The van der Waals surface area contributed by atoms with Gasteiger partial charge in [0.15, 0.2) is 0 Å². The van der Waals surface area contributed by atoms with Crippen LogP contribution in [0.1, 0.15) is 29.7 Å². The quantitative estimate of drug-likeness (QED) is 0.847. The normalized spacial score (nSPS) is 12.4. The highest BCUT2D eigenvalue weighted by Gasteiger charge is 2.06. The first-order valence-electron chi connectivity index (χ1n) is 6.18. The fourth-order valence-corrected chi connectivity index (χ4v) is 1.98. The summed E-state index contributed by atoms with van der Waals surface area (Å²) in [4.78, 5) is 0. The van der Waals surface area contributed by atoms with Gasteiger partial charge < -0.3 is 5.73 Å². The molecule has 0 aliphatic carbocycles. The van der Waals surface area contributed by atoms with Crippen molar-refractivity contribution < 1.29 is 0 Å². The van der Waals surface area contributed by atoms with Crippen LogP contribution in [0.15, 0.2) is 54.6 Å². The topological polar surface area (TPSA) is 26.0 Å². The van der Waals surface area contributed by atoms with Crippen LogP contribution in [0.3, 0.4) is 0 Å². The van der Waals surface area contributed by atoms with Crippen LogP contribution < -0.4 is 5.73 Å². The van der Waals surface area contributed by atoms with E-state index in [1.165, 1.54) is 16.7 Å². The van der Waals surface area contributed by atoms with Crippen LogP contribution in [0.25, 0.3) is 0 Å². The average molecular weight is 225 g/mol. The van der Waals surface area contributed by atoms with Gasteiger partial charge in [0.05, 0.1) is 0 Å². The fourth-order valence-electron chi connectivity index (χ4n) is 1.98. The van der Waals surface area contributed by atoms with E-state index in [0.29, 0.717) is 0 Å². The third-order valence-corrected chi connectivity index (χ3v) is 3.11. The van der Waals surface area contributed by atoms with Gasteiger partial charge >= 0.3 is 0 Å². The van der Waals surface area contributed by atoms with Crippen LogP contribution in [0.4, 0.5) is 0 Å². The highest BCUT2D eigenvalue weighted by Crippen LogP contribution is 2.16. The smallest absolute Gasteiger partial charge is 0.0335 e. The van der Waals surface area contributed by atoms with Crippen molar-refractivity contribution in [1.82, 2.24) is 0 Å². The fraction of sp³-hybridized carbons (Fsp3) is 0.250. The summed E-state index contributed by atoms with van der Waals surface area (Å²) in [6, 6.07) is 19.1. The van der Waals surface area contributed by atoms with E-state index >= 15 is 0 Å². The van der Waals surface area contributed by atoms with Gasteiger partial charge in [0.25, 0.3) is 0 Å². The van der Waals surface area contributed by atoms with Crippen LogP contribution >= 0.6 is 0 Å². The van der Waals surface area contributed by atoms with Crippen LogP contribution in [-0.2, 0) is 12.8 Å². The largest absolute Gasteiger partial charge is 0.324 e. The summed E-state index contributed by atoms with van der Waals surface area (Å²) in [5.41, 5.74) is 10.1. The average Bonchev–Trinajstić information content (AvgIpc) is 2.40. The van der Waals surface area contributed by atoms with E-state index in [2.05, 4.69) is 43.3 Å². The maximum atomic E-state index is 6.20. The van der Waals surface area contributed by atoms with E-state index in [4.69, 9.17) is 5.73 Å². The first kappa shape index (κ1) is 11.9. The van der Waals surface area contributed by atoms with Gasteiger partial charge in [-0.25, -0.2) is 0 Å². The Kier molecular flexibility index (Phi) is 3.94. The van der Waals surface area contributed by atoms with Crippen molar-refractivity contribution in [2.24, 2.45) is 5.73 Å². The Labute approximate surface area is 103 Å². The van der Waals surface area contributed by atoms with Crippen molar-refractivity contribution in [3.8, 4) is 0 Å². The van der Waals surface area contributed by atoms with Crippen molar-refractivity contribution in [3.05, 3.63) is 71.3 Å². The van der Waals surface area contributed by atoms with Crippen LogP contribution in [0.5, 0.6) is 0 Å². The van der Waals surface area contributed by atoms with Gasteiger partial charge in [-0.3, -0.25) is 0 Å². The molecule has 1 nitrogen and oxygen atoms in total. The van der Waals surface area contributed by atoms with Gasteiger partial charge in [0.2, 0.25) is 0 Å². The summed E-state index contributed by atoms with van der Waals surface area (Å²) < 4.78 is 0. The van der Waals surface area contributed by atoms with E-state index in [0.717, 1.165) is 12.8 Å². The maximum absolute atomic E-state index is 6.20. The van der Waals surface area contributed by atoms with Gasteiger partial charge in [0.1, 0.15) is 0 Å². The SMILES string of the molecule is CCc1ccc(C[C@@H](N)c2ccccc2)cc1. The molecule has 0 aromatic heterocycles. The Morgan fingerprint density at radius 3 is 2.06 bits per heavy atom. The Morgan fingerprint density at radius 1 is 0.882 bits per heavy atom. The predicted molar refractivity (Wildman–Crippen MR) is 72.9 cm³/mol. The zero-order valence-electron chi connectivity index (χ0n) is 10.3. The Bertz CT molecular complexity index is 445. The summed E-state index contributed by atoms with van der Waals surface area (Å²) in [5.74, 6) is 0. The molecule has 88 valence electrons. The number of rotatable bonds is 4. The Hall–Kier alpha value is -1.60. The van der Waals surface area contributed by atoms with Gasteiger partial charge in [-0.2, -0.15) is 0 Å². The second kappa shape index (κ2) is 5.65. The molecular formula is C16H19N. The Morgan fingerprint density at radius 2 is 1.47 bits per heavy atom. The third-order valence-electron chi connectivity index (χ3n) is 3.11. The predicted octanol–water partition coefficient (Wildman–Crippen LogP) is 3.49. The molecule has 0 amide bonds. The molecule has 0 saturated heterocycles. The van der Waals surface area contributed by atoms with E-state index in [1.807, 2.05) is 18.2 Å². The molecule has 0 unspecified atom stereocenters. The molecule has 0 fully saturated rings. The van der Waals surface area contributed by atoms with E-state index in [-0.39, 0.29) is 6.04 Å². The minimum atomic E-state index is 0.0867. The van der Waals surface area contributed by atoms with Gasteiger partial charge in [0, 0.05) is 6.04 Å². The minimum Gasteiger partial charge on any atom is -0.324 e. The third kappa shape index (κ3) is 3.18. The monoisotopic (exact) mass is 225 g/mol. The molecule has 17 heavy (non-hydrogen) atoms. The molecule has 2 aromatic carbocycles. The lowest BCUT2D eigenvalue weighted by molar-refractivity contribution is 0.722. The highest BCUT2D eigenvalue weighted by atomic mass is 14.6. The molecule has 0 saturated carbocycles. The Balaban J connectivity index is 2.05. The number of benzene rings is 2. The standard InChI is InChI=1S/C16H19N/c1-2-13-8-10-14(11-9-13)12-16(17)15-6-4-3-5-7-15/h3-11,16H,2,12,17H2,1H3/t16-/m1/s1. The van der Waals surface area contributed by atoms with E-state index in [1.54, 1.807) is 0 Å². The van der Waals surface area contributed by atoms with Crippen molar-refractivity contribution in [2.45, 2.75) is 25.8 Å². The molecule has 0 heterocycles. The van der Waals surface area contributed by atoms with E-state index < -0.39 is 0 Å².